The molecule has 0 aliphatic carbocycles. The number of hydrogen-bond donors (Lipinski definition) is 1. The molecule has 0 radical (unpaired) electrons. The number of Topliss-reactive ketones (excluding diaryl/α,β-unsaturated/α-hetero) is 2. The van der Waals surface area contributed by atoms with Crippen molar-refractivity contribution in [3.63, 3.8) is 0 Å². The maximum Gasteiger partial charge on any atom is 0.269 e. The zero-order valence-electron chi connectivity index (χ0n) is 14.8. The van der Waals surface area contributed by atoms with Gasteiger partial charge in [0.05, 0.1) is 9.79 Å². The van der Waals surface area contributed by atoms with Crippen LogP contribution in [0.3, 0.4) is 0 Å². The molecule has 0 spiro atoms. The number of carbonyl (C=O) groups excluding carboxylic acids is 2. The summed E-state index contributed by atoms with van der Waals surface area (Å²) in [5.74, 6) is 4.50. The number of carbonyl (C=O) groups is 2. The lowest BCUT2D eigenvalue weighted by Gasteiger charge is -2.18. The summed E-state index contributed by atoms with van der Waals surface area (Å²) in [7, 11) is -9.32. The quantitative estimate of drug-likeness (QED) is 0.435. The predicted octanol–water partition coefficient (Wildman–Crippen LogP) is 1.65. The van der Waals surface area contributed by atoms with Crippen molar-refractivity contribution in [2.75, 3.05) is 0 Å². The molecular formula is C17H18N2O6S2. The Bertz CT molecular complexity index is 1090. The summed E-state index contributed by atoms with van der Waals surface area (Å²) in [5, 5.41) is 0. The second-order valence-electron chi connectivity index (χ2n) is 5.91. The lowest BCUT2D eigenvalue weighted by molar-refractivity contribution is 0.101. The van der Waals surface area contributed by atoms with E-state index >= 15 is 0 Å². The molecule has 144 valence electrons. The van der Waals surface area contributed by atoms with E-state index in [4.69, 9.17) is 5.84 Å². The molecule has 2 N–H and O–H groups in total. The summed E-state index contributed by atoms with van der Waals surface area (Å²) in [5.41, 5.74) is 0.672. The Morgan fingerprint density at radius 2 is 1.19 bits per heavy atom. The first-order chi connectivity index (χ1) is 12.4. The first-order valence-electron chi connectivity index (χ1n) is 7.66. The molecule has 0 amide bonds. The summed E-state index contributed by atoms with van der Waals surface area (Å²) in [6.07, 6.45) is 0. The van der Waals surface area contributed by atoms with E-state index in [0.717, 1.165) is 17.7 Å². The molecule has 0 aromatic heterocycles. The minimum Gasteiger partial charge on any atom is -0.295 e. The predicted molar refractivity (Wildman–Crippen MR) is 98.0 cm³/mol. The molecule has 0 aliphatic heterocycles. The van der Waals surface area contributed by atoms with E-state index in [9.17, 15) is 26.4 Å². The monoisotopic (exact) mass is 410 g/mol. The van der Waals surface area contributed by atoms with Crippen molar-refractivity contribution >= 4 is 31.6 Å². The molecule has 2 rings (SSSR count). The number of hydrogen-bond acceptors (Lipinski definition) is 7. The van der Waals surface area contributed by atoms with E-state index in [1.54, 1.807) is 6.92 Å². The van der Waals surface area contributed by atoms with Crippen molar-refractivity contribution in [3.05, 3.63) is 59.2 Å². The fourth-order valence-electron chi connectivity index (χ4n) is 2.20. The number of benzene rings is 2. The van der Waals surface area contributed by atoms with Crippen molar-refractivity contribution in [2.24, 2.45) is 5.84 Å². The van der Waals surface area contributed by atoms with Crippen LogP contribution in [0.2, 0.25) is 0 Å². The van der Waals surface area contributed by atoms with Crippen LogP contribution in [0.4, 0.5) is 0 Å². The average molecular weight is 410 g/mol. The number of sulfonamides is 2. The summed E-state index contributed by atoms with van der Waals surface area (Å²) >= 11 is 0. The molecule has 0 saturated carbocycles. The van der Waals surface area contributed by atoms with Gasteiger partial charge in [0, 0.05) is 11.1 Å². The van der Waals surface area contributed by atoms with E-state index in [-0.39, 0.29) is 19.8 Å². The van der Waals surface area contributed by atoms with Crippen LogP contribution in [0.1, 0.15) is 40.1 Å². The Morgan fingerprint density at radius 3 is 1.59 bits per heavy atom. The summed E-state index contributed by atoms with van der Waals surface area (Å²) in [6.45, 7) is 4.13. The number of aryl methyl sites for hydroxylation is 1. The fourth-order valence-corrected chi connectivity index (χ4v) is 5.20. The van der Waals surface area contributed by atoms with Crippen molar-refractivity contribution in [3.8, 4) is 0 Å². The van der Waals surface area contributed by atoms with Gasteiger partial charge < -0.3 is 0 Å². The van der Waals surface area contributed by atoms with Gasteiger partial charge in [0.1, 0.15) is 0 Å². The Balaban J connectivity index is 2.62. The average Bonchev–Trinajstić information content (AvgIpc) is 2.60. The van der Waals surface area contributed by atoms with Gasteiger partial charge in [-0.1, -0.05) is 17.7 Å². The smallest absolute Gasteiger partial charge is 0.269 e. The molecule has 0 heterocycles. The van der Waals surface area contributed by atoms with Gasteiger partial charge in [-0.25, -0.2) is 22.7 Å². The van der Waals surface area contributed by atoms with Crippen LogP contribution in [0.5, 0.6) is 0 Å². The van der Waals surface area contributed by atoms with Gasteiger partial charge in [-0.2, -0.15) is 0 Å². The summed E-state index contributed by atoms with van der Waals surface area (Å²) in [4.78, 5) is 22.4. The molecule has 2 aromatic rings. The topological polar surface area (TPSA) is 132 Å². The maximum absolute atomic E-state index is 12.8. The lowest BCUT2D eigenvalue weighted by atomic mass is 10.1. The van der Waals surface area contributed by atoms with E-state index in [1.807, 2.05) is 0 Å². The first-order valence-corrected chi connectivity index (χ1v) is 10.5. The first kappa shape index (κ1) is 20.9. The molecule has 0 saturated heterocycles. The largest absolute Gasteiger partial charge is 0.295 e. The molecular weight excluding hydrogens is 392 g/mol. The van der Waals surface area contributed by atoms with Crippen LogP contribution in [-0.4, -0.2) is 32.2 Å². The highest BCUT2D eigenvalue weighted by atomic mass is 32.3. The Labute approximate surface area is 157 Å². The third kappa shape index (κ3) is 4.14. The third-order valence-corrected chi connectivity index (χ3v) is 7.63. The van der Waals surface area contributed by atoms with E-state index in [2.05, 4.69) is 0 Å². The van der Waals surface area contributed by atoms with Gasteiger partial charge in [-0.05, 0) is 54.9 Å². The van der Waals surface area contributed by atoms with Crippen molar-refractivity contribution in [2.45, 2.75) is 30.6 Å². The molecule has 10 heteroatoms. The molecule has 0 bridgehead atoms. The van der Waals surface area contributed by atoms with Gasteiger partial charge in [0.15, 0.2) is 11.6 Å². The maximum atomic E-state index is 12.8. The van der Waals surface area contributed by atoms with Crippen LogP contribution in [0, 0.1) is 6.92 Å². The van der Waals surface area contributed by atoms with Crippen LogP contribution < -0.4 is 5.84 Å². The lowest BCUT2D eigenvalue weighted by Crippen LogP contribution is -2.42. The number of nitrogens with two attached hydrogens (primary N) is 1. The van der Waals surface area contributed by atoms with Gasteiger partial charge in [-0.15, -0.1) is 0 Å². The second-order valence-corrected chi connectivity index (χ2v) is 9.77. The zero-order chi connectivity index (χ0) is 20.6. The normalized spacial score (nSPS) is 12.2. The Hall–Kier alpha value is -2.40. The number of ketones is 2. The highest BCUT2D eigenvalue weighted by Gasteiger charge is 2.34. The van der Waals surface area contributed by atoms with Crippen molar-refractivity contribution < 1.29 is 26.4 Å². The van der Waals surface area contributed by atoms with E-state index in [0.29, 0.717) is 0 Å². The number of nitrogens with zero attached hydrogens (tertiary/aromatic N) is 1. The highest BCUT2D eigenvalue weighted by Crippen LogP contribution is 2.24. The van der Waals surface area contributed by atoms with Crippen molar-refractivity contribution in [1.29, 1.82) is 0 Å². The third-order valence-electron chi connectivity index (χ3n) is 3.81. The molecule has 2 aromatic carbocycles. The minimum atomic E-state index is -4.75. The van der Waals surface area contributed by atoms with E-state index in [1.165, 1.54) is 44.2 Å². The van der Waals surface area contributed by atoms with Gasteiger partial charge in [0.2, 0.25) is 0 Å². The highest BCUT2D eigenvalue weighted by molar-refractivity contribution is 8.04. The fraction of sp³-hybridized carbons (Fsp3) is 0.176. The molecule has 0 unspecified atom stereocenters. The molecule has 0 fully saturated rings. The van der Waals surface area contributed by atoms with Crippen LogP contribution in [0.25, 0.3) is 0 Å². The zero-order valence-corrected chi connectivity index (χ0v) is 16.5. The molecule has 27 heavy (non-hydrogen) atoms. The van der Waals surface area contributed by atoms with Gasteiger partial charge in [-0.3, -0.25) is 9.59 Å². The Kier molecular flexibility index (Phi) is 5.66. The van der Waals surface area contributed by atoms with Crippen LogP contribution >= 0.6 is 0 Å². The number of rotatable bonds is 6. The Morgan fingerprint density at radius 1 is 0.778 bits per heavy atom. The molecule has 0 atom stereocenters. The van der Waals surface area contributed by atoms with Gasteiger partial charge >= 0.3 is 0 Å². The minimum absolute atomic E-state index is 0.0533. The molecule has 8 nitrogen and oxygen atoms in total. The van der Waals surface area contributed by atoms with E-state index < -0.39 is 36.5 Å². The van der Waals surface area contributed by atoms with Gasteiger partial charge in [0.25, 0.3) is 20.0 Å². The second kappa shape index (κ2) is 7.31. The molecule has 0 aliphatic rings. The summed E-state index contributed by atoms with van der Waals surface area (Å²) in [6, 6.07) is 8.65. The van der Waals surface area contributed by atoms with Crippen LogP contribution in [-0.2, 0) is 20.0 Å². The van der Waals surface area contributed by atoms with Crippen molar-refractivity contribution in [1.82, 2.24) is 3.82 Å². The SMILES string of the molecule is CC(=O)c1cc(C(C)=O)cc(S(=O)(=O)N(N)S(=O)(=O)c2ccc(C)cc2)c1. The standard InChI is InChI=1S/C17H18N2O6S2/c1-11-4-6-16(7-5-11)26(22,23)19(18)27(24,25)17-9-14(12(2)20)8-15(10-17)13(3)21/h4-10H,18H2,1-3H3. The summed E-state index contributed by atoms with van der Waals surface area (Å²) < 4.78 is 50.5. The number of hydrazine groups is 1. The van der Waals surface area contributed by atoms with Crippen LogP contribution in [0.15, 0.2) is 52.3 Å².